The maximum Gasteiger partial charge on any atom is 0.293 e. The number of halogens is 1. The normalized spacial score (nSPS) is 10.8. The Morgan fingerprint density at radius 1 is 1.50 bits per heavy atom. The summed E-state index contributed by atoms with van der Waals surface area (Å²) in [5.74, 6) is 0. The number of benzene rings is 1. The Kier molecular flexibility index (Phi) is 4.39. The molecule has 1 N–H and O–H groups in total. The number of nitro groups is 1. The standard InChI is InChI=1S/C13H15BrN4O2/c1-9(2)17-8-15-6-11(17)7-16-12-4-3-10(14)5-13(12)18(19)20/h3-6,8-9,16H,7H2,1-2H3. The first kappa shape index (κ1) is 14.5. The minimum absolute atomic E-state index is 0.0509. The van der Waals surface area contributed by atoms with Gasteiger partial charge in [0, 0.05) is 22.8 Å². The van der Waals surface area contributed by atoms with Gasteiger partial charge < -0.3 is 9.88 Å². The third-order valence-corrected chi connectivity index (χ3v) is 3.41. The SMILES string of the molecule is CC(C)n1cncc1CNc1ccc(Br)cc1[N+](=O)[O-]. The molecule has 0 aliphatic heterocycles. The van der Waals surface area contributed by atoms with Crippen LogP contribution in [0, 0.1) is 10.1 Å². The summed E-state index contributed by atoms with van der Waals surface area (Å²) in [6, 6.07) is 5.25. The predicted octanol–water partition coefficient (Wildman–Crippen LogP) is 3.75. The average molecular weight is 339 g/mol. The van der Waals surface area contributed by atoms with Gasteiger partial charge in [-0.25, -0.2) is 4.98 Å². The summed E-state index contributed by atoms with van der Waals surface area (Å²) in [6.45, 7) is 4.61. The summed E-state index contributed by atoms with van der Waals surface area (Å²) < 4.78 is 2.71. The lowest BCUT2D eigenvalue weighted by atomic mass is 10.2. The van der Waals surface area contributed by atoms with Crippen molar-refractivity contribution in [3.8, 4) is 0 Å². The molecule has 1 heterocycles. The van der Waals surface area contributed by atoms with Crippen molar-refractivity contribution in [2.24, 2.45) is 0 Å². The molecule has 0 aliphatic rings. The lowest BCUT2D eigenvalue weighted by molar-refractivity contribution is -0.384. The Morgan fingerprint density at radius 3 is 2.90 bits per heavy atom. The van der Waals surface area contributed by atoms with E-state index in [9.17, 15) is 10.1 Å². The lowest BCUT2D eigenvalue weighted by Gasteiger charge is -2.13. The average Bonchev–Trinajstić information content (AvgIpc) is 2.85. The van der Waals surface area contributed by atoms with Crippen LogP contribution in [0.1, 0.15) is 25.6 Å². The Hall–Kier alpha value is -1.89. The van der Waals surface area contributed by atoms with Gasteiger partial charge in [-0.3, -0.25) is 10.1 Å². The fourth-order valence-corrected chi connectivity index (χ4v) is 2.27. The van der Waals surface area contributed by atoms with E-state index in [0.717, 1.165) is 5.69 Å². The molecule has 1 aromatic heterocycles. The highest BCUT2D eigenvalue weighted by atomic mass is 79.9. The van der Waals surface area contributed by atoms with Gasteiger partial charge in [0.1, 0.15) is 5.69 Å². The van der Waals surface area contributed by atoms with Crippen LogP contribution in [-0.4, -0.2) is 14.5 Å². The maximum atomic E-state index is 11.0. The van der Waals surface area contributed by atoms with Crippen molar-refractivity contribution < 1.29 is 4.92 Å². The molecule has 0 radical (unpaired) electrons. The lowest BCUT2D eigenvalue weighted by Crippen LogP contribution is -2.09. The second-order valence-corrected chi connectivity index (χ2v) is 5.57. The van der Waals surface area contributed by atoms with Crippen molar-refractivity contribution in [1.82, 2.24) is 9.55 Å². The molecule has 0 bridgehead atoms. The first-order valence-electron chi connectivity index (χ1n) is 6.17. The van der Waals surface area contributed by atoms with Crippen LogP contribution in [0.5, 0.6) is 0 Å². The van der Waals surface area contributed by atoms with Crippen LogP contribution in [0.2, 0.25) is 0 Å². The molecule has 2 aromatic rings. The molecule has 0 aliphatic carbocycles. The molecule has 0 unspecified atom stereocenters. The molecule has 0 fully saturated rings. The highest BCUT2D eigenvalue weighted by Crippen LogP contribution is 2.28. The van der Waals surface area contributed by atoms with E-state index in [1.54, 1.807) is 24.7 Å². The fourth-order valence-electron chi connectivity index (χ4n) is 1.93. The van der Waals surface area contributed by atoms with Crippen LogP contribution < -0.4 is 5.32 Å². The first-order chi connectivity index (χ1) is 9.49. The molecule has 7 heteroatoms. The number of rotatable bonds is 5. The van der Waals surface area contributed by atoms with E-state index in [1.165, 1.54) is 6.07 Å². The molecular formula is C13H15BrN4O2. The van der Waals surface area contributed by atoms with Gasteiger partial charge in [0.15, 0.2) is 0 Å². The van der Waals surface area contributed by atoms with Crippen LogP contribution in [0.4, 0.5) is 11.4 Å². The van der Waals surface area contributed by atoms with Crippen molar-refractivity contribution in [2.75, 3.05) is 5.32 Å². The van der Waals surface area contributed by atoms with Gasteiger partial charge in [-0.2, -0.15) is 0 Å². The van der Waals surface area contributed by atoms with E-state index in [-0.39, 0.29) is 5.69 Å². The largest absolute Gasteiger partial charge is 0.374 e. The molecule has 0 saturated carbocycles. The second kappa shape index (κ2) is 6.04. The zero-order chi connectivity index (χ0) is 14.7. The monoisotopic (exact) mass is 338 g/mol. The third kappa shape index (κ3) is 3.16. The minimum atomic E-state index is -0.396. The van der Waals surface area contributed by atoms with Gasteiger partial charge >= 0.3 is 0 Å². The maximum absolute atomic E-state index is 11.0. The van der Waals surface area contributed by atoms with Crippen LogP contribution in [0.25, 0.3) is 0 Å². The Balaban J connectivity index is 2.19. The van der Waals surface area contributed by atoms with Gasteiger partial charge in [0.05, 0.1) is 23.5 Å². The molecule has 20 heavy (non-hydrogen) atoms. The summed E-state index contributed by atoms with van der Waals surface area (Å²) in [5.41, 5.74) is 1.53. The molecule has 0 amide bonds. The van der Waals surface area contributed by atoms with Gasteiger partial charge in [-0.1, -0.05) is 15.9 Å². The number of aromatic nitrogens is 2. The minimum Gasteiger partial charge on any atom is -0.374 e. The second-order valence-electron chi connectivity index (χ2n) is 4.66. The number of hydrogen-bond donors (Lipinski definition) is 1. The zero-order valence-electron chi connectivity index (χ0n) is 11.2. The summed E-state index contributed by atoms with van der Waals surface area (Å²) in [6.07, 6.45) is 3.52. The Morgan fingerprint density at radius 2 is 2.25 bits per heavy atom. The van der Waals surface area contributed by atoms with E-state index in [4.69, 9.17) is 0 Å². The Bertz CT molecular complexity index is 625. The van der Waals surface area contributed by atoms with E-state index >= 15 is 0 Å². The summed E-state index contributed by atoms with van der Waals surface area (Å²) in [5, 5.41) is 14.1. The molecule has 0 spiro atoms. The molecule has 2 rings (SSSR count). The van der Waals surface area contributed by atoms with Crippen LogP contribution >= 0.6 is 15.9 Å². The van der Waals surface area contributed by atoms with Crippen LogP contribution in [0.3, 0.4) is 0 Å². The van der Waals surface area contributed by atoms with Crippen molar-refractivity contribution in [1.29, 1.82) is 0 Å². The number of imidazole rings is 1. The summed E-state index contributed by atoms with van der Waals surface area (Å²) in [4.78, 5) is 14.8. The number of hydrogen-bond acceptors (Lipinski definition) is 4. The van der Waals surface area contributed by atoms with Crippen molar-refractivity contribution in [2.45, 2.75) is 26.4 Å². The molecule has 6 nitrogen and oxygen atoms in total. The summed E-state index contributed by atoms with van der Waals surface area (Å²) >= 11 is 3.24. The van der Waals surface area contributed by atoms with E-state index < -0.39 is 4.92 Å². The Labute approximate surface area is 125 Å². The molecule has 106 valence electrons. The topological polar surface area (TPSA) is 73.0 Å². The zero-order valence-corrected chi connectivity index (χ0v) is 12.8. The number of nitrogens with zero attached hydrogens (tertiary/aromatic N) is 3. The molecular weight excluding hydrogens is 324 g/mol. The van der Waals surface area contributed by atoms with Crippen LogP contribution in [-0.2, 0) is 6.54 Å². The smallest absolute Gasteiger partial charge is 0.293 e. The van der Waals surface area contributed by atoms with Gasteiger partial charge in [-0.05, 0) is 26.0 Å². The molecule has 0 saturated heterocycles. The van der Waals surface area contributed by atoms with Crippen molar-refractivity contribution in [3.63, 3.8) is 0 Å². The highest BCUT2D eigenvalue weighted by Gasteiger charge is 2.14. The van der Waals surface area contributed by atoms with Crippen molar-refractivity contribution in [3.05, 3.63) is 51.0 Å². The predicted molar refractivity (Wildman–Crippen MR) is 80.7 cm³/mol. The van der Waals surface area contributed by atoms with Gasteiger partial charge in [0.2, 0.25) is 0 Å². The van der Waals surface area contributed by atoms with E-state index in [1.807, 2.05) is 4.57 Å². The molecule has 1 aromatic carbocycles. The number of anilines is 1. The third-order valence-electron chi connectivity index (χ3n) is 2.92. The summed E-state index contributed by atoms with van der Waals surface area (Å²) in [7, 11) is 0. The number of nitro benzene ring substituents is 1. The molecule has 0 atom stereocenters. The highest BCUT2D eigenvalue weighted by molar-refractivity contribution is 9.10. The van der Waals surface area contributed by atoms with E-state index in [0.29, 0.717) is 22.7 Å². The van der Waals surface area contributed by atoms with Gasteiger partial charge in [-0.15, -0.1) is 0 Å². The van der Waals surface area contributed by atoms with Crippen molar-refractivity contribution >= 4 is 27.3 Å². The van der Waals surface area contributed by atoms with Gasteiger partial charge in [0.25, 0.3) is 5.69 Å². The van der Waals surface area contributed by atoms with E-state index in [2.05, 4.69) is 40.1 Å². The first-order valence-corrected chi connectivity index (χ1v) is 6.97. The quantitative estimate of drug-likeness (QED) is 0.665. The van der Waals surface area contributed by atoms with Crippen LogP contribution in [0.15, 0.2) is 35.2 Å². The fraction of sp³-hybridized carbons (Fsp3) is 0.308. The number of nitrogens with one attached hydrogen (secondary N) is 1.